The van der Waals surface area contributed by atoms with Crippen molar-refractivity contribution >= 4 is 75.8 Å². The summed E-state index contributed by atoms with van der Waals surface area (Å²) in [5, 5.41) is 5.76. The Morgan fingerprint density at radius 1 is 0.696 bits per heavy atom. The van der Waals surface area contributed by atoms with E-state index in [1.54, 1.807) is 65.6 Å². The molecule has 1 atom stereocenters. The van der Waals surface area contributed by atoms with Gasteiger partial charge in [0.05, 0.1) is 5.25 Å². The second-order valence-corrected chi connectivity index (χ2v) is 12.3. The highest BCUT2D eigenvalue weighted by molar-refractivity contribution is 8.00. The number of carbonyl (C=O) groups excluding carboxylic acids is 3. The fraction of sp³-hybridized carbons (Fsp3) is 0.0541. The molecule has 0 bridgehead atoms. The molecule has 0 fully saturated rings. The average molecular weight is 667 g/mol. The molecule has 0 aliphatic heterocycles. The fourth-order valence-corrected chi connectivity index (χ4v) is 5.96. The van der Waals surface area contributed by atoms with E-state index < -0.39 is 17.1 Å². The van der Waals surface area contributed by atoms with Crippen molar-refractivity contribution in [1.29, 1.82) is 0 Å². The molecule has 0 aliphatic carbocycles. The SMILES string of the molecule is CC(Sc1ccc(NC(=O)/C(=C/c2c(Cl)cccc2Cl)NC(=O)c2ccccc2)cc1)C(=O)N(c1ccccc1)c1ccccc1. The highest BCUT2D eigenvalue weighted by Gasteiger charge is 2.24. The third-order valence-corrected chi connectivity index (χ3v) is 8.60. The molecule has 5 aromatic rings. The average Bonchev–Trinajstić information content (AvgIpc) is 3.08. The smallest absolute Gasteiger partial charge is 0.272 e. The van der Waals surface area contributed by atoms with E-state index in [-0.39, 0.29) is 11.6 Å². The molecular weight excluding hydrogens is 637 g/mol. The van der Waals surface area contributed by atoms with Gasteiger partial charge in [0.15, 0.2) is 0 Å². The van der Waals surface area contributed by atoms with Gasteiger partial charge in [0, 0.05) is 43.1 Å². The molecule has 3 amide bonds. The molecule has 0 radical (unpaired) electrons. The van der Waals surface area contributed by atoms with E-state index >= 15 is 0 Å². The first kappa shape index (κ1) is 32.6. The van der Waals surface area contributed by atoms with Crippen molar-refractivity contribution in [3.05, 3.63) is 160 Å². The van der Waals surface area contributed by atoms with Crippen molar-refractivity contribution in [3.63, 3.8) is 0 Å². The summed E-state index contributed by atoms with van der Waals surface area (Å²) in [5.41, 5.74) is 2.80. The zero-order chi connectivity index (χ0) is 32.5. The lowest BCUT2D eigenvalue weighted by atomic mass is 10.1. The molecule has 9 heteroatoms. The van der Waals surface area contributed by atoms with Crippen molar-refractivity contribution in [2.24, 2.45) is 0 Å². The molecule has 0 saturated heterocycles. The fourth-order valence-electron chi connectivity index (χ4n) is 4.54. The minimum absolute atomic E-state index is 0.0385. The summed E-state index contributed by atoms with van der Waals surface area (Å²) in [4.78, 5) is 42.7. The number of rotatable bonds is 10. The van der Waals surface area contributed by atoms with Gasteiger partial charge >= 0.3 is 0 Å². The van der Waals surface area contributed by atoms with Crippen molar-refractivity contribution in [3.8, 4) is 0 Å². The van der Waals surface area contributed by atoms with Crippen LogP contribution in [0.25, 0.3) is 6.08 Å². The van der Waals surface area contributed by atoms with Crippen LogP contribution in [0.3, 0.4) is 0 Å². The number of hydrogen-bond acceptors (Lipinski definition) is 4. The quantitative estimate of drug-likeness (QED) is 0.115. The van der Waals surface area contributed by atoms with Crippen LogP contribution in [0.2, 0.25) is 10.0 Å². The zero-order valence-corrected chi connectivity index (χ0v) is 27.0. The summed E-state index contributed by atoms with van der Waals surface area (Å²) in [7, 11) is 0. The lowest BCUT2D eigenvalue weighted by Crippen LogP contribution is -2.32. The number of thioether (sulfide) groups is 1. The van der Waals surface area contributed by atoms with Crippen molar-refractivity contribution in [1.82, 2.24) is 5.32 Å². The first-order valence-corrected chi connectivity index (χ1v) is 16.0. The van der Waals surface area contributed by atoms with Crippen LogP contribution in [0, 0.1) is 0 Å². The van der Waals surface area contributed by atoms with Crippen LogP contribution >= 0.6 is 35.0 Å². The summed E-state index contributed by atoms with van der Waals surface area (Å²) < 4.78 is 0. The largest absolute Gasteiger partial charge is 0.321 e. The topological polar surface area (TPSA) is 78.5 Å². The maximum atomic E-state index is 13.7. The molecule has 0 heterocycles. The maximum absolute atomic E-state index is 13.7. The Morgan fingerprint density at radius 3 is 1.76 bits per heavy atom. The van der Waals surface area contributed by atoms with Crippen LogP contribution in [-0.4, -0.2) is 23.0 Å². The van der Waals surface area contributed by atoms with Crippen LogP contribution < -0.4 is 15.5 Å². The molecule has 5 aromatic carbocycles. The van der Waals surface area contributed by atoms with Gasteiger partial charge in [-0.05, 0) is 85.8 Å². The molecular formula is C37H29Cl2N3O3S. The molecule has 5 rings (SSSR count). The normalized spacial score (nSPS) is 11.8. The Morgan fingerprint density at radius 2 is 1.22 bits per heavy atom. The lowest BCUT2D eigenvalue weighted by molar-refractivity contribution is -0.117. The van der Waals surface area contributed by atoms with Gasteiger partial charge in [-0.3, -0.25) is 19.3 Å². The first-order valence-electron chi connectivity index (χ1n) is 14.3. The minimum atomic E-state index is -0.564. The van der Waals surface area contributed by atoms with Crippen molar-refractivity contribution < 1.29 is 14.4 Å². The summed E-state index contributed by atoms with van der Waals surface area (Å²) >= 11 is 14.1. The number of para-hydroxylation sites is 2. The van der Waals surface area contributed by atoms with Crippen molar-refractivity contribution in [2.75, 3.05) is 10.2 Å². The Balaban J connectivity index is 1.32. The summed E-state index contributed by atoms with van der Waals surface area (Å²) in [6.07, 6.45) is 1.45. The summed E-state index contributed by atoms with van der Waals surface area (Å²) in [5.74, 6) is -1.09. The number of amides is 3. The number of nitrogens with zero attached hydrogens (tertiary/aromatic N) is 1. The molecule has 0 aliphatic rings. The van der Waals surface area contributed by atoms with Gasteiger partial charge in [-0.25, -0.2) is 0 Å². The minimum Gasteiger partial charge on any atom is -0.321 e. The Kier molecular flexibility index (Phi) is 10.9. The molecule has 0 aromatic heterocycles. The van der Waals surface area contributed by atoms with Gasteiger partial charge in [-0.15, -0.1) is 11.8 Å². The van der Waals surface area contributed by atoms with E-state index in [0.29, 0.717) is 26.9 Å². The Labute approximate surface area is 282 Å². The number of carbonyl (C=O) groups is 3. The Hall–Kier alpha value is -4.82. The molecule has 0 spiro atoms. The summed E-state index contributed by atoms with van der Waals surface area (Å²) in [6.45, 7) is 1.87. The molecule has 2 N–H and O–H groups in total. The molecule has 0 saturated carbocycles. The van der Waals surface area contributed by atoms with E-state index in [1.165, 1.54) is 17.8 Å². The predicted molar refractivity (Wildman–Crippen MR) is 189 cm³/mol. The van der Waals surface area contributed by atoms with E-state index in [9.17, 15) is 14.4 Å². The maximum Gasteiger partial charge on any atom is 0.272 e. The first-order chi connectivity index (χ1) is 22.3. The molecule has 1 unspecified atom stereocenters. The van der Waals surface area contributed by atoms with E-state index in [4.69, 9.17) is 23.2 Å². The van der Waals surface area contributed by atoms with Crippen LogP contribution in [0.15, 0.2) is 144 Å². The van der Waals surface area contributed by atoms with Gasteiger partial charge < -0.3 is 10.6 Å². The third-order valence-electron chi connectivity index (χ3n) is 6.84. The van der Waals surface area contributed by atoms with Gasteiger partial charge in [0.2, 0.25) is 5.91 Å². The number of benzene rings is 5. The van der Waals surface area contributed by atoms with Crippen LogP contribution in [0.1, 0.15) is 22.8 Å². The predicted octanol–water partition coefficient (Wildman–Crippen LogP) is 9.25. The van der Waals surface area contributed by atoms with Crippen LogP contribution in [0.4, 0.5) is 17.1 Å². The van der Waals surface area contributed by atoms with Gasteiger partial charge in [-0.1, -0.05) is 83.9 Å². The van der Waals surface area contributed by atoms with E-state index in [0.717, 1.165) is 16.3 Å². The van der Waals surface area contributed by atoms with E-state index in [1.807, 2.05) is 79.7 Å². The Bertz CT molecular complexity index is 1790. The second-order valence-electron chi connectivity index (χ2n) is 10.1. The number of halogens is 2. The lowest BCUT2D eigenvalue weighted by Gasteiger charge is -2.26. The van der Waals surface area contributed by atoms with Gasteiger partial charge in [0.25, 0.3) is 11.8 Å². The van der Waals surface area contributed by atoms with Crippen LogP contribution in [0.5, 0.6) is 0 Å². The molecule has 46 heavy (non-hydrogen) atoms. The molecule has 230 valence electrons. The van der Waals surface area contributed by atoms with Crippen molar-refractivity contribution in [2.45, 2.75) is 17.1 Å². The second kappa shape index (κ2) is 15.5. The third kappa shape index (κ3) is 8.25. The standard InChI is InChI=1S/C37H29Cl2N3O3S/c1-25(37(45)42(28-14-7-3-8-15-28)29-16-9-4-10-17-29)46-30-22-20-27(21-23-30)40-36(44)34(24-31-32(38)18-11-19-33(31)39)41-35(43)26-12-5-2-6-13-26/h2-25H,1H3,(H,40,44)(H,41,43)/b34-24-. The van der Waals surface area contributed by atoms with Gasteiger partial charge in [-0.2, -0.15) is 0 Å². The number of anilines is 3. The zero-order valence-electron chi connectivity index (χ0n) is 24.7. The highest BCUT2D eigenvalue weighted by atomic mass is 35.5. The highest BCUT2D eigenvalue weighted by Crippen LogP contribution is 2.32. The van der Waals surface area contributed by atoms with Crippen LogP contribution in [-0.2, 0) is 9.59 Å². The number of nitrogens with one attached hydrogen (secondary N) is 2. The monoisotopic (exact) mass is 665 g/mol. The van der Waals surface area contributed by atoms with Gasteiger partial charge in [0.1, 0.15) is 5.70 Å². The number of hydrogen-bond donors (Lipinski definition) is 2. The molecule has 6 nitrogen and oxygen atoms in total. The summed E-state index contributed by atoms with van der Waals surface area (Å²) in [6, 6.07) is 39.8. The van der Waals surface area contributed by atoms with E-state index in [2.05, 4.69) is 10.6 Å².